The van der Waals surface area contributed by atoms with Crippen molar-refractivity contribution in [3.8, 4) is 0 Å². The Morgan fingerprint density at radius 3 is 2.50 bits per heavy atom. The Morgan fingerprint density at radius 1 is 1.20 bits per heavy atom. The highest BCUT2D eigenvalue weighted by Crippen LogP contribution is 2.27. The first kappa shape index (κ1) is 15.3. The largest absolute Gasteiger partial charge is 0.340 e. The van der Waals surface area contributed by atoms with Crippen molar-refractivity contribution in [2.24, 2.45) is 0 Å². The highest BCUT2D eigenvalue weighted by Gasteiger charge is 2.12. The van der Waals surface area contributed by atoms with Gasteiger partial charge < -0.3 is 5.32 Å². The van der Waals surface area contributed by atoms with Crippen molar-refractivity contribution in [1.82, 2.24) is 9.97 Å². The quantitative estimate of drug-likeness (QED) is 0.752. The normalized spacial score (nSPS) is 10.9. The SMILES string of the molecule is Cc1ccc(Nc2nc(C(C)C)nc(Cl)c2C)cc1Br. The topological polar surface area (TPSA) is 37.8 Å². The number of nitrogens with one attached hydrogen (secondary N) is 1. The molecule has 20 heavy (non-hydrogen) atoms. The lowest BCUT2D eigenvalue weighted by Gasteiger charge is -2.13. The van der Waals surface area contributed by atoms with Crippen molar-refractivity contribution in [1.29, 1.82) is 0 Å². The van der Waals surface area contributed by atoms with Gasteiger partial charge in [0.1, 0.15) is 16.8 Å². The molecule has 0 spiro atoms. The average Bonchev–Trinajstić information content (AvgIpc) is 2.38. The minimum absolute atomic E-state index is 0.235. The Balaban J connectivity index is 2.39. The molecule has 0 atom stereocenters. The van der Waals surface area contributed by atoms with Crippen LogP contribution >= 0.6 is 27.5 Å². The highest BCUT2D eigenvalue weighted by molar-refractivity contribution is 9.10. The summed E-state index contributed by atoms with van der Waals surface area (Å²) in [6.45, 7) is 8.07. The second-order valence-corrected chi connectivity index (χ2v) is 6.30. The van der Waals surface area contributed by atoms with Crippen LogP contribution < -0.4 is 5.32 Å². The number of aryl methyl sites for hydroxylation is 1. The van der Waals surface area contributed by atoms with Gasteiger partial charge in [0.15, 0.2) is 0 Å². The van der Waals surface area contributed by atoms with Crippen LogP contribution in [0.2, 0.25) is 5.15 Å². The lowest BCUT2D eigenvalue weighted by molar-refractivity contribution is 0.773. The monoisotopic (exact) mass is 353 g/mol. The maximum atomic E-state index is 6.19. The number of hydrogen-bond donors (Lipinski definition) is 1. The van der Waals surface area contributed by atoms with Gasteiger partial charge in [-0.25, -0.2) is 9.97 Å². The summed E-state index contributed by atoms with van der Waals surface area (Å²) < 4.78 is 1.06. The summed E-state index contributed by atoms with van der Waals surface area (Å²) in [6.07, 6.45) is 0. The summed E-state index contributed by atoms with van der Waals surface area (Å²) in [5.74, 6) is 1.73. The molecular formula is C15H17BrClN3. The third-order valence-electron chi connectivity index (χ3n) is 3.05. The number of halogens is 2. The molecule has 5 heteroatoms. The molecule has 0 unspecified atom stereocenters. The van der Waals surface area contributed by atoms with E-state index >= 15 is 0 Å². The van der Waals surface area contributed by atoms with Gasteiger partial charge in [-0.05, 0) is 31.5 Å². The summed E-state index contributed by atoms with van der Waals surface area (Å²) in [6, 6.07) is 6.10. The molecule has 0 aliphatic heterocycles. The zero-order valence-corrected chi connectivity index (χ0v) is 14.3. The molecule has 0 amide bonds. The molecule has 1 heterocycles. The summed E-state index contributed by atoms with van der Waals surface area (Å²) in [5, 5.41) is 3.81. The van der Waals surface area contributed by atoms with Gasteiger partial charge in [-0.2, -0.15) is 0 Å². The van der Waals surface area contributed by atoms with E-state index < -0.39 is 0 Å². The van der Waals surface area contributed by atoms with E-state index in [1.807, 2.05) is 39.0 Å². The van der Waals surface area contributed by atoms with E-state index in [0.29, 0.717) is 5.15 Å². The van der Waals surface area contributed by atoms with Crippen molar-refractivity contribution in [2.45, 2.75) is 33.6 Å². The van der Waals surface area contributed by atoms with Gasteiger partial charge in [0.05, 0.1) is 0 Å². The van der Waals surface area contributed by atoms with Gasteiger partial charge in [0, 0.05) is 21.6 Å². The standard InChI is InChI=1S/C15H17BrClN3/c1-8(2)14-19-13(17)10(4)15(20-14)18-11-6-5-9(3)12(16)7-11/h5-8H,1-4H3,(H,18,19,20). The van der Waals surface area contributed by atoms with Gasteiger partial charge in [-0.15, -0.1) is 0 Å². The number of benzene rings is 1. The second kappa shape index (κ2) is 6.10. The molecule has 0 saturated heterocycles. The maximum absolute atomic E-state index is 6.19. The van der Waals surface area contributed by atoms with Crippen molar-refractivity contribution < 1.29 is 0 Å². The van der Waals surface area contributed by atoms with Gasteiger partial charge in [0.25, 0.3) is 0 Å². The van der Waals surface area contributed by atoms with E-state index in [0.717, 1.165) is 27.4 Å². The predicted octanol–water partition coefficient (Wildman–Crippen LogP) is 5.38. The molecular weight excluding hydrogens is 338 g/mol. The van der Waals surface area contributed by atoms with Gasteiger partial charge in [0.2, 0.25) is 0 Å². The zero-order chi connectivity index (χ0) is 14.9. The van der Waals surface area contributed by atoms with Gasteiger partial charge in [-0.1, -0.05) is 47.4 Å². The number of hydrogen-bond acceptors (Lipinski definition) is 3. The number of aromatic nitrogens is 2. The van der Waals surface area contributed by atoms with E-state index in [2.05, 4.69) is 38.1 Å². The van der Waals surface area contributed by atoms with Crippen LogP contribution in [0.15, 0.2) is 22.7 Å². The lowest BCUT2D eigenvalue weighted by Crippen LogP contribution is -2.05. The maximum Gasteiger partial charge on any atom is 0.138 e. The molecule has 0 aliphatic carbocycles. The molecule has 0 bridgehead atoms. The van der Waals surface area contributed by atoms with Gasteiger partial charge in [-0.3, -0.25) is 0 Å². The molecule has 106 valence electrons. The first-order chi connectivity index (χ1) is 9.38. The van der Waals surface area contributed by atoms with Crippen molar-refractivity contribution in [3.05, 3.63) is 44.8 Å². The van der Waals surface area contributed by atoms with Crippen molar-refractivity contribution in [3.63, 3.8) is 0 Å². The van der Waals surface area contributed by atoms with Crippen LogP contribution in [0, 0.1) is 13.8 Å². The molecule has 1 N–H and O–H groups in total. The van der Waals surface area contributed by atoms with Crippen LogP contribution in [0.5, 0.6) is 0 Å². The summed E-state index contributed by atoms with van der Waals surface area (Å²) in [5.41, 5.74) is 3.01. The van der Waals surface area contributed by atoms with Crippen LogP contribution in [0.25, 0.3) is 0 Å². The minimum Gasteiger partial charge on any atom is -0.340 e. The lowest BCUT2D eigenvalue weighted by atomic mass is 10.2. The van der Waals surface area contributed by atoms with E-state index in [1.54, 1.807) is 0 Å². The molecule has 2 aromatic rings. The fourth-order valence-corrected chi connectivity index (χ4v) is 2.25. The molecule has 0 saturated carbocycles. The van der Waals surface area contributed by atoms with Crippen LogP contribution in [0.4, 0.5) is 11.5 Å². The van der Waals surface area contributed by atoms with Crippen LogP contribution in [-0.2, 0) is 0 Å². The van der Waals surface area contributed by atoms with Crippen LogP contribution in [0.1, 0.15) is 36.7 Å². The first-order valence-electron chi connectivity index (χ1n) is 6.45. The Kier molecular flexibility index (Phi) is 4.66. The zero-order valence-electron chi connectivity index (χ0n) is 12.0. The number of rotatable bonds is 3. The van der Waals surface area contributed by atoms with Crippen LogP contribution in [-0.4, -0.2) is 9.97 Å². The third-order valence-corrected chi connectivity index (χ3v) is 4.28. The minimum atomic E-state index is 0.235. The summed E-state index contributed by atoms with van der Waals surface area (Å²) in [4.78, 5) is 8.87. The fraction of sp³-hybridized carbons (Fsp3) is 0.333. The predicted molar refractivity (Wildman–Crippen MR) is 88.0 cm³/mol. The fourth-order valence-electron chi connectivity index (χ4n) is 1.69. The van der Waals surface area contributed by atoms with Crippen LogP contribution in [0.3, 0.4) is 0 Å². The smallest absolute Gasteiger partial charge is 0.138 e. The van der Waals surface area contributed by atoms with E-state index in [1.165, 1.54) is 5.56 Å². The van der Waals surface area contributed by atoms with E-state index in [4.69, 9.17) is 11.6 Å². The molecule has 3 nitrogen and oxygen atoms in total. The van der Waals surface area contributed by atoms with E-state index in [-0.39, 0.29) is 5.92 Å². The van der Waals surface area contributed by atoms with Crippen molar-refractivity contribution >= 4 is 39.0 Å². The number of anilines is 2. The average molecular weight is 355 g/mol. The Labute approximate surface area is 132 Å². The van der Waals surface area contributed by atoms with Gasteiger partial charge >= 0.3 is 0 Å². The third kappa shape index (κ3) is 3.30. The Bertz CT molecular complexity index is 641. The molecule has 2 rings (SSSR count). The summed E-state index contributed by atoms with van der Waals surface area (Å²) >= 11 is 9.72. The second-order valence-electron chi connectivity index (χ2n) is 5.09. The molecule has 1 aromatic carbocycles. The first-order valence-corrected chi connectivity index (χ1v) is 7.62. The summed E-state index contributed by atoms with van der Waals surface area (Å²) in [7, 11) is 0. The number of nitrogens with zero attached hydrogens (tertiary/aromatic N) is 2. The molecule has 0 aliphatic rings. The molecule has 1 aromatic heterocycles. The molecule has 0 radical (unpaired) electrons. The molecule has 0 fully saturated rings. The Hall–Kier alpha value is -1.13. The van der Waals surface area contributed by atoms with E-state index in [9.17, 15) is 0 Å². The van der Waals surface area contributed by atoms with Crippen molar-refractivity contribution in [2.75, 3.05) is 5.32 Å². The Morgan fingerprint density at radius 2 is 1.90 bits per heavy atom. The highest BCUT2D eigenvalue weighted by atomic mass is 79.9.